The van der Waals surface area contributed by atoms with Crippen molar-refractivity contribution in [2.24, 2.45) is 0 Å². The summed E-state index contributed by atoms with van der Waals surface area (Å²) in [6.45, 7) is 2.99. The molecule has 0 N–H and O–H groups in total. The van der Waals surface area contributed by atoms with Crippen molar-refractivity contribution in [1.29, 1.82) is 5.26 Å². The lowest BCUT2D eigenvalue weighted by Crippen LogP contribution is -2.08. The van der Waals surface area contributed by atoms with Gasteiger partial charge in [0, 0.05) is 0 Å². The lowest BCUT2D eigenvalue weighted by atomic mass is 10.0. The van der Waals surface area contributed by atoms with E-state index in [9.17, 15) is 4.79 Å². The summed E-state index contributed by atoms with van der Waals surface area (Å²) in [4.78, 5) is 12.4. The predicted octanol–water partition coefficient (Wildman–Crippen LogP) is 7.57. The van der Waals surface area contributed by atoms with Gasteiger partial charge in [0.15, 0.2) is 0 Å². The highest BCUT2D eigenvalue weighted by atomic mass is 16.5. The number of nitrogens with zero attached hydrogens (tertiary/aromatic N) is 1. The number of rotatable bonds is 12. The van der Waals surface area contributed by atoms with E-state index in [0.717, 1.165) is 29.9 Å². The molecule has 0 saturated carbocycles. The van der Waals surface area contributed by atoms with Crippen LogP contribution in [0.1, 0.15) is 67.8 Å². The van der Waals surface area contributed by atoms with Gasteiger partial charge in [-0.1, -0.05) is 69.7 Å². The van der Waals surface area contributed by atoms with Gasteiger partial charge in [-0.25, -0.2) is 4.79 Å². The zero-order valence-electron chi connectivity index (χ0n) is 19.3. The van der Waals surface area contributed by atoms with Gasteiger partial charge in [0.1, 0.15) is 11.5 Å². The molecule has 0 unspecified atom stereocenters. The van der Waals surface area contributed by atoms with Crippen LogP contribution in [0.25, 0.3) is 11.1 Å². The maximum Gasteiger partial charge on any atom is 0.343 e. The van der Waals surface area contributed by atoms with Gasteiger partial charge >= 0.3 is 5.97 Å². The van der Waals surface area contributed by atoms with Gasteiger partial charge in [-0.05, 0) is 66.1 Å². The SMILES string of the molecule is CCCCCCCCCOc1ccc(-c2ccc(C(=O)Oc3ccc(C#N)cc3)cc2)cc1. The average molecular weight is 442 g/mol. The quantitative estimate of drug-likeness (QED) is 0.165. The number of unbranched alkanes of at least 4 members (excludes halogenated alkanes) is 6. The van der Waals surface area contributed by atoms with Gasteiger partial charge in [-0.15, -0.1) is 0 Å². The van der Waals surface area contributed by atoms with Crippen LogP contribution in [-0.4, -0.2) is 12.6 Å². The largest absolute Gasteiger partial charge is 0.494 e. The second kappa shape index (κ2) is 13.1. The van der Waals surface area contributed by atoms with Crippen molar-refractivity contribution in [2.45, 2.75) is 51.9 Å². The van der Waals surface area contributed by atoms with E-state index in [-0.39, 0.29) is 0 Å². The van der Waals surface area contributed by atoms with Gasteiger partial charge in [0.25, 0.3) is 0 Å². The Morgan fingerprint density at radius 3 is 1.88 bits per heavy atom. The molecule has 3 rings (SSSR count). The molecule has 170 valence electrons. The molecule has 0 bridgehead atoms. The lowest BCUT2D eigenvalue weighted by molar-refractivity contribution is 0.0735. The number of nitriles is 1. The lowest BCUT2D eigenvalue weighted by Gasteiger charge is -2.08. The van der Waals surface area contributed by atoms with Crippen molar-refractivity contribution in [3.63, 3.8) is 0 Å². The number of benzene rings is 3. The van der Waals surface area contributed by atoms with E-state index in [0.29, 0.717) is 16.9 Å². The molecule has 0 aliphatic carbocycles. The van der Waals surface area contributed by atoms with Crippen LogP contribution in [0, 0.1) is 11.3 Å². The molecule has 33 heavy (non-hydrogen) atoms. The standard InChI is InChI=1S/C29H31NO3/c1-2-3-4-5-6-7-8-21-32-27-19-15-25(16-20-27)24-11-13-26(14-12-24)29(31)33-28-17-9-23(22-30)10-18-28/h9-20H,2-8,21H2,1H3. The van der Waals surface area contributed by atoms with Crippen molar-refractivity contribution >= 4 is 5.97 Å². The molecule has 4 heteroatoms. The maximum absolute atomic E-state index is 12.4. The van der Waals surface area contributed by atoms with Crippen molar-refractivity contribution in [2.75, 3.05) is 6.61 Å². The number of ether oxygens (including phenoxy) is 2. The van der Waals surface area contributed by atoms with E-state index in [1.807, 2.05) is 42.5 Å². The second-order valence-corrected chi connectivity index (χ2v) is 8.10. The Bertz CT molecular complexity index is 1030. The highest BCUT2D eigenvalue weighted by Crippen LogP contribution is 2.24. The number of hydrogen-bond donors (Lipinski definition) is 0. The van der Waals surface area contributed by atoms with Gasteiger partial charge in [-0.2, -0.15) is 5.26 Å². The van der Waals surface area contributed by atoms with Crippen molar-refractivity contribution in [3.8, 4) is 28.7 Å². The van der Waals surface area contributed by atoms with E-state index < -0.39 is 5.97 Å². The average Bonchev–Trinajstić information content (AvgIpc) is 2.86. The Morgan fingerprint density at radius 1 is 0.727 bits per heavy atom. The molecule has 4 nitrogen and oxygen atoms in total. The van der Waals surface area contributed by atoms with Crippen LogP contribution in [0.3, 0.4) is 0 Å². The Kier molecular flexibility index (Phi) is 9.54. The van der Waals surface area contributed by atoms with E-state index in [4.69, 9.17) is 14.7 Å². The van der Waals surface area contributed by atoms with Crippen molar-refractivity contribution in [1.82, 2.24) is 0 Å². The van der Waals surface area contributed by atoms with Crippen LogP contribution in [0.5, 0.6) is 11.5 Å². The fourth-order valence-corrected chi connectivity index (χ4v) is 3.56. The molecular formula is C29H31NO3. The topological polar surface area (TPSA) is 59.3 Å². The third-order valence-corrected chi connectivity index (χ3v) is 5.52. The van der Waals surface area contributed by atoms with Crippen LogP contribution >= 0.6 is 0 Å². The molecule has 0 fully saturated rings. The first-order chi connectivity index (χ1) is 16.2. The maximum atomic E-state index is 12.4. The summed E-state index contributed by atoms with van der Waals surface area (Å²) in [6.07, 6.45) is 8.91. The van der Waals surface area contributed by atoms with Crippen LogP contribution in [-0.2, 0) is 0 Å². The molecule has 0 aliphatic rings. The van der Waals surface area contributed by atoms with Crippen molar-refractivity contribution in [3.05, 3.63) is 83.9 Å². The normalized spacial score (nSPS) is 10.4. The molecular weight excluding hydrogens is 410 g/mol. The number of hydrogen-bond acceptors (Lipinski definition) is 4. The second-order valence-electron chi connectivity index (χ2n) is 8.10. The number of carbonyl (C=O) groups is 1. The fourth-order valence-electron chi connectivity index (χ4n) is 3.56. The Morgan fingerprint density at radius 2 is 1.27 bits per heavy atom. The van der Waals surface area contributed by atoms with Gasteiger partial charge in [0.2, 0.25) is 0 Å². The van der Waals surface area contributed by atoms with Crippen LogP contribution in [0.2, 0.25) is 0 Å². The number of carbonyl (C=O) groups excluding carboxylic acids is 1. The molecule has 0 heterocycles. The molecule has 0 radical (unpaired) electrons. The highest BCUT2D eigenvalue weighted by molar-refractivity contribution is 5.91. The smallest absolute Gasteiger partial charge is 0.343 e. The first-order valence-electron chi connectivity index (χ1n) is 11.7. The summed E-state index contributed by atoms with van der Waals surface area (Å²) >= 11 is 0. The monoisotopic (exact) mass is 441 g/mol. The predicted molar refractivity (Wildman–Crippen MR) is 131 cm³/mol. The molecule has 0 aromatic heterocycles. The van der Waals surface area contributed by atoms with Gasteiger partial charge in [0.05, 0.1) is 23.8 Å². The third-order valence-electron chi connectivity index (χ3n) is 5.52. The summed E-state index contributed by atoms with van der Waals surface area (Å²) < 4.78 is 11.2. The van der Waals surface area contributed by atoms with Crippen LogP contribution < -0.4 is 9.47 Å². The van der Waals surface area contributed by atoms with E-state index in [1.165, 1.54) is 38.5 Å². The summed E-state index contributed by atoms with van der Waals surface area (Å²) in [7, 11) is 0. The zero-order valence-corrected chi connectivity index (χ0v) is 19.3. The third kappa shape index (κ3) is 7.80. The van der Waals surface area contributed by atoms with Crippen LogP contribution in [0.15, 0.2) is 72.8 Å². The molecule has 0 saturated heterocycles. The van der Waals surface area contributed by atoms with E-state index in [2.05, 4.69) is 6.92 Å². The Labute approximate surface area is 196 Å². The first-order valence-corrected chi connectivity index (χ1v) is 11.7. The zero-order chi connectivity index (χ0) is 23.3. The molecule has 3 aromatic rings. The molecule has 0 atom stereocenters. The number of esters is 1. The molecule has 0 aliphatic heterocycles. The van der Waals surface area contributed by atoms with E-state index >= 15 is 0 Å². The Hall–Kier alpha value is -3.58. The van der Waals surface area contributed by atoms with Gasteiger partial charge in [-0.3, -0.25) is 0 Å². The Balaban J connectivity index is 1.46. The summed E-state index contributed by atoms with van der Waals surface area (Å²) in [6, 6.07) is 23.9. The summed E-state index contributed by atoms with van der Waals surface area (Å²) in [5.41, 5.74) is 3.07. The summed E-state index contributed by atoms with van der Waals surface area (Å²) in [5.74, 6) is 0.864. The van der Waals surface area contributed by atoms with E-state index in [1.54, 1.807) is 36.4 Å². The van der Waals surface area contributed by atoms with Crippen LogP contribution in [0.4, 0.5) is 0 Å². The van der Waals surface area contributed by atoms with Crippen molar-refractivity contribution < 1.29 is 14.3 Å². The molecule has 0 spiro atoms. The molecule has 0 amide bonds. The minimum Gasteiger partial charge on any atom is -0.494 e. The minimum absolute atomic E-state index is 0.412. The van der Waals surface area contributed by atoms with Gasteiger partial charge < -0.3 is 9.47 Å². The fraction of sp³-hybridized carbons (Fsp3) is 0.310. The minimum atomic E-state index is -0.430. The molecule has 3 aromatic carbocycles. The highest BCUT2D eigenvalue weighted by Gasteiger charge is 2.09. The first kappa shape index (κ1) is 24.1. The summed E-state index contributed by atoms with van der Waals surface area (Å²) in [5, 5.41) is 8.85.